The Balaban J connectivity index is 2.45. The van der Waals surface area contributed by atoms with Crippen molar-refractivity contribution >= 4 is 34.7 Å². The van der Waals surface area contributed by atoms with E-state index in [1.165, 1.54) is 7.11 Å². The molecule has 0 fully saturated rings. The van der Waals surface area contributed by atoms with Crippen molar-refractivity contribution in [3.8, 4) is 0 Å². The molecule has 0 spiro atoms. The molecule has 2 N–H and O–H groups in total. The molecule has 0 saturated carbocycles. The highest BCUT2D eigenvalue weighted by atomic mass is 35.5. The number of halogens is 1. The van der Waals surface area contributed by atoms with Gasteiger partial charge in [-0.1, -0.05) is 11.6 Å². The van der Waals surface area contributed by atoms with E-state index >= 15 is 0 Å². The largest absolute Gasteiger partial charge is 0.453 e. The van der Waals surface area contributed by atoms with E-state index in [-0.39, 0.29) is 11.1 Å². The van der Waals surface area contributed by atoms with E-state index in [4.69, 9.17) is 11.6 Å². The van der Waals surface area contributed by atoms with E-state index in [9.17, 15) is 4.79 Å². The molecule has 2 aromatic rings. The third-order valence-corrected chi connectivity index (χ3v) is 2.24. The molecule has 0 aliphatic rings. The number of aromatic amines is 1. The van der Waals surface area contributed by atoms with Crippen LogP contribution in [0.5, 0.6) is 0 Å². The number of rotatable bonds is 1. The number of methoxy groups -OCH3 is 1. The molecular formula is C9H9ClN4O2. The van der Waals surface area contributed by atoms with Crippen molar-refractivity contribution in [2.24, 2.45) is 0 Å². The molecule has 2 aromatic heterocycles. The smallest absolute Gasteiger partial charge is 0.413 e. The van der Waals surface area contributed by atoms with Gasteiger partial charge in [0.15, 0.2) is 5.15 Å². The molecule has 0 saturated heterocycles. The van der Waals surface area contributed by atoms with Gasteiger partial charge in [-0.05, 0) is 13.0 Å². The van der Waals surface area contributed by atoms with Crippen molar-refractivity contribution < 1.29 is 9.53 Å². The number of nitrogens with zero attached hydrogens (tertiary/aromatic N) is 2. The molecule has 7 heteroatoms. The molecule has 6 nitrogen and oxygen atoms in total. The van der Waals surface area contributed by atoms with Crippen LogP contribution in [0.1, 0.15) is 5.69 Å². The van der Waals surface area contributed by atoms with Gasteiger partial charge < -0.3 is 9.72 Å². The summed E-state index contributed by atoms with van der Waals surface area (Å²) in [6, 6.07) is 1.81. The Morgan fingerprint density at radius 2 is 2.31 bits per heavy atom. The number of ether oxygens (including phenoxy) is 1. The topological polar surface area (TPSA) is 79.9 Å². The van der Waals surface area contributed by atoms with Crippen LogP contribution >= 0.6 is 11.6 Å². The Morgan fingerprint density at radius 3 is 3.00 bits per heavy atom. The number of carbonyl (C=O) groups excluding carboxylic acids is 1. The summed E-state index contributed by atoms with van der Waals surface area (Å²) in [6.45, 7) is 1.88. The molecule has 16 heavy (non-hydrogen) atoms. The minimum atomic E-state index is -0.636. The average molecular weight is 241 g/mol. The van der Waals surface area contributed by atoms with E-state index in [2.05, 4.69) is 25.0 Å². The SMILES string of the molecule is COC(=O)Nc1nc(Cl)c2[nH]c(C)cc2n1. The fraction of sp³-hybridized carbons (Fsp3) is 0.222. The zero-order valence-corrected chi connectivity index (χ0v) is 9.42. The first-order valence-corrected chi connectivity index (χ1v) is 4.86. The molecule has 84 valence electrons. The summed E-state index contributed by atoms with van der Waals surface area (Å²) in [5, 5.41) is 2.61. The highest BCUT2D eigenvalue weighted by Gasteiger charge is 2.10. The number of aryl methyl sites for hydroxylation is 1. The summed E-state index contributed by atoms with van der Waals surface area (Å²) < 4.78 is 4.43. The average Bonchev–Trinajstić information content (AvgIpc) is 2.59. The number of nitrogens with one attached hydrogen (secondary N) is 2. The molecule has 0 radical (unpaired) electrons. The molecule has 1 amide bonds. The maximum atomic E-state index is 11.0. The lowest BCUT2D eigenvalue weighted by atomic mass is 10.4. The minimum absolute atomic E-state index is 0.114. The fourth-order valence-electron chi connectivity index (χ4n) is 1.31. The fourth-order valence-corrected chi connectivity index (χ4v) is 1.53. The number of amides is 1. The van der Waals surface area contributed by atoms with E-state index < -0.39 is 6.09 Å². The molecule has 0 bridgehead atoms. The lowest BCUT2D eigenvalue weighted by Gasteiger charge is -2.02. The van der Waals surface area contributed by atoms with Crippen molar-refractivity contribution in [1.82, 2.24) is 15.0 Å². The van der Waals surface area contributed by atoms with Crippen molar-refractivity contribution in [2.45, 2.75) is 6.92 Å². The van der Waals surface area contributed by atoms with Crippen LogP contribution in [0.2, 0.25) is 5.15 Å². The number of hydrogen-bond donors (Lipinski definition) is 2. The first-order chi connectivity index (χ1) is 7.60. The van der Waals surface area contributed by atoms with Gasteiger partial charge in [0, 0.05) is 5.69 Å². The zero-order chi connectivity index (χ0) is 11.7. The van der Waals surface area contributed by atoms with Crippen LogP contribution < -0.4 is 5.32 Å². The molecule has 0 aliphatic carbocycles. The van der Waals surface area contributed by atoms with Gasteiger partial charge in [-0.15, -0.1) is 0 Å². The standard InChI is InChI=1S/C9H9ClN4O2/c1-4-3-5-6(11-4)7(10)13-8(12-5)14-9(15)16-2/h3,11H,1-2H3,(H,12,13,14,15). The van der Waals surface area contributed by atoms with E-state index in [0.717, 1.165) is 5.69 Å². The molecule has 2 rings (SSSR count). The summed E-state index contributed by atoms with van der Waals surface area (Å²) in [6.07, 6.45) is -0.636. The van der Waals surface area contributed by atoms with Crippen LogP contribution in [0.3, 0.4) is 0 Å². The lowest BCUT2D eigenvalue weighted by molar-refractivity contribution is 0.186. The quantitative estimate of drug-likeness (QED) is 0.748. The van der Waals surface area contributed by atoms with E-state index in [1.54, 1.807) is 0 Å². The second-order valence-corrected chi connectivity index (χ2v) is 3.53. The first-order valence-electron chi connectivity index (χ1n) is 4.48. The molecular weight excluding hydrogens is 232 g/mol. The number of fused-ring (bicyclic) bond motifs is 1. The monoisotopic (exact) mass is 240 g/mol. The highest BCUT2D eigenvalue weighted by molar-refractivity contribution is 6.33. The Morgan fingerprint density at radius 1 is 1.56 bits per heavy atom. The third-order valence-electron chi connectivity index (χ3n) is 1.97. The zero-order valence-electron chi connectivity index (χ0n) is 8.67. The van der Waals surface area contributed by atoms with Gasteiger partial charge in [-0.2, -0.15) is 4.98 Å². The number of H-pyrrole nitrogens is 1. The molecule has 0 atom stereocenters. The van der Waals surface area contributed by atoms with Gasteiger partial charge in [0.05, 0.1) is 12.6 Å². The molecule has 0 aromatic carbocycles. The lowest BCUT2D eigenvalue weighted by Crippen LogP contribution is -2.13. The summed E-state index contributed by atoms with van der Waals surface area (Å²) in [5.74, 6) is 0.114. The van der Waals surface area contributed by atoms with E-state index in [1.807, 2.05) is 13.0 Å². The number of carbonyl (C=O) groups is 1. The number of aromatic nitrogens is 3. The van der Waals surface area contributed by atoms with Gasteiger partial charge in [0.25, 0.3) is 0 Å². The van der Waals surface area contributed by atoms with Crippen molar-refractivity contribution in [3.63, 3.8) is 0 Å². The first kappa shape index (κ1) is 10.7. The summed E-state index contributed by atoms with van der Waals surface area (Å²) in [7, 11) is 1.26. The maximum Gasteiger partial charge on any atom is 0.413 e. The number of anilines is 1. The van der Waals surface area contributed by atoms with Crippen LogP contribution in [0, 0.1) is 6.92 Å². The third kappa shape index (κ3) is 1.92. The van der Waals surface area contributed by atoms with E-state index in [0.29, 0.717) is 11.0 Å². The van der Waals surface area contributed by atoms with Gasteiger partial charge >= 0.3 is 6.09 Å². The second kappa shape index (κ2) is 3.97. The Kier molecular flexibility index (Phi) is 2.66. The maximum absolute atomic E-state index is 11.0. The molecule has 0 unspecified atom stereocenters. The molecule has 2 heterocycles. The van der Waals surface area contributed by atoms with Gasteiger partial charge in [0.2, 0.25) is 5.95 Å². The van der Waals surface area contributed by atoms with Crippen LogP contribution in [0.25, 0.3) is 11.0 Å². The summed E-state index contributed by atoms with van der Waals surface area (Å²) in [4.78, 5) is 22.0. The summed E-state index contributed by atoms with van der Waals surface area (Å²) >= 11 is 5.93. The summed E-state index contributed by atoms with van der Waals surface area (Å²) in [5.41, 5.74) is 2.21. The molecule has 0 aliphatic heterocycles. The highest BCUT2D eigenvalue weighted by Crippen LogP contribution is 2.21. The predicted molar refractivity (Wildman–Crippen MR) is 59.7 cm³/mol. The Bertz CT molecular complexity index is 552. The van der Waals surface area contributed by atoms with Crippen LogP contribution in [0.15, 0.2) is 6.07 Å². The Labute approximate surface area is 96.0 Å². The van der Waals surface area contributed by atoms with Crippen molar-refractivity contribution in [3.05, 3.63) is 16.9 Å². The number of hydrogen-bond acceptors (Lipinski definition) is 4. The van der Waals surface area contributed by atoms with Gasteiger partial charge in [-0.3, -0.25) is 5.32 Å². The van der Waals surface area contributed by atoms with Crippen molar-refractivity contribution in [1.29, 1.82) is 0 Å². The van der Waals surface area contributed by atoms with Crippen LogP contribution in [0.4, 0.5) is 10.7 Å². The van der Waals surface area contributed by atoms with Gasteiger partial charge in [-0.25, -0.2) is 9.78 Å². The van der Waals surface area contributed by atoms with Crippen LogP contribution in [-0.2, 0) is 4.74 Å². The predicted octanol–water partition coefficient (Wildman–Crippen LogP) is 2.10. The van der Waals surface area contributed by atoms with Gasteiger partial charge in [0.1, 0.15) is 5.52 Å². The van der Waals surface area contributed by atoms with Crippen LogP contribution in [-0.4, -0.2) is 28.2 Å². The Hall–Kier alpha value is -1.82. The normalized spacial score (nSPS) is 10.4. The second-order valence-electron chi connectivity index (χ2n) is 3.17. The van der Waals surface area contributed by atoms with Crippen molar-refractivity contribution in [2.75, 3.05) is 12.4 Å². The minimum Gasteiger partial charge on any atom is -0.453 e.